The summed E-state index contributed by atoms with van der Waals surface area (Å²) < 4.78 is 3.92. The quantitative estimate of drug-likeness (QED) is 0.303. The molecule has 0 saturated carbocycles. The molecule has 0 aromatic carbocycles. The monoisotopic (exact) mass is 221 g/mol. The molecule has 0 aliphatic rings. The predicted molar refractivity (Wildman–Crippen MR) is 48.1 cm³/mol. The first-order valence-electron chi connectivity index (χ1n) is 3.62. The van der Waals surface area contributed by atoms with Crippen LogP contribution in [0.4, 0.5) is 0 Å². The van der Waals surface area contributed by atoms with Crippen LogP contribution in [0.3, 0.4) is 0 Å². The van der Waals surface area contributed by atoms with E-state index in [1.165, 1.54) is 13.8 Å². The van der Waals surface area contributed by atoms with Crippen LogP contribution in [0.25, 0.3) is 0 Å². The Morgan fingerprint density at radius 1 is 1.27 bits per heavy atom. The third kappa shape index (κ3) is 24.5. The molecule has 0 unspecified atom stereocenters. The van der Waals surface area contributed by atoms with E-state index in [0.717, 1.165) is 6.26 Å². The molecule has 0 aromatic heterocycles. The minimum atomic E-state index is -1.72. The molecule has 86 valence electrons. The molecule has 0 heterocycles. The van der Waals surface area contributed by atoms with Crippen molar-refractivity contribution in [3.63, 3.8) is 0 Å². The predicted octanol–water partition coefficient (Wildman–Crippen LogP) is -1.35. The average molecular weight is 221 g/mol. The highest BCUT2D eigenvalue weighted by Gasteiger charge is 2.04. The third-order valence-electron chi connectivity index (χ3n) is 0.589. The van der Waals surface area contributed by atoms with Gasteiger partial charge in [-0.3, -0.25) is 9.59 Å². The first-order valence-corrected chi connectivity index (χ1v) is 3.62. The standard InChI is InChI=1S/C4H7NO4.C2H5BO3/c1-3(6)8-5-9-4(2)7;1-2-6-3(4)5/h5H,1-2H3;2,4-5H,1H2. The molecule has 0 rings (SSSR count). The minimum Gasteiger partial charge on any atom is -0.519 e. The maximum absolute atomic E-state index is 9.95. The summed E-state index contributed by atoms with van der Waals surface area (Å²) in [6, 6.07) is 0. The van der Waals surface area contributed by atoms with Crippen LogP contribution in [0, 0.1) is 0 Å². The van der Waals surface area contributed by atoms with Crippen LogP contribution in [0.1, 0.15) is 13.8 Å². The van der Waals surface area contributed by atoms with E-state index in [2.05, 4.69) is 20.9 Å². The van der Waals surface area contributed by atoms with Gasteiger partial charge in [0.1, 0.15) is 0 Å². The molecule has 9 heteroatoms. The van der Waals surface area contributed by atoms with E-state index < -0.39 is 19.3 Å². The summed E-state index contributed by atoms with van der Waals surface area (Å²) in [5.74, 6) is -1.15. The van der Waals surface area contributed by atoms with Gasteiger partial charge in [-0.25, -0.2) is 0 Å². The Labute approximate surface area is 86.5 Å². The number of carbonyl (C=O) groups excluding carboxylic acids is 2. The van der Waals surface area contributed by atoms with Crippen molar-refractivity contribution in [2.75, 3.05) is 0 Å². The maximum Gasteiger partial charge on any atom is 0.707 e. The fourth-order valence-corrected chi connectivity index (χ4v) is 0.224. The largest absolute Gasteiger partial charge is 0.707 e. The number of nitrogens with one attached hydrogen (secondary N) is 1. The minimum absolute atomic E-state index is 0.573. The zero-order valence-electron chi connectivity index (χ0n) is 8.30. The second kappa shape index (κ2) is 10.5. The summed E-state index contributed by atoms with van der Waals surface area (Å²) >= 11 is 0. The first kappa shape index (κ1) is 15.9. The van der Waals surface area contributed by atoms with Gasteiger partial charge in [-0.15, -0.1) is 0 Å². The molecule has 0 aliphatic heterocycles. The summed E-state index contributed by atoms with van der Waals surface area (Å²) in [5, 5.41) is 15.6. The molecule has 0 amide bonds. The molecule has 0 fully saturated rings. The molecule has 0 saturated heterocycles. The molecule has 0 aliphatic carbocycles. The van der Waals surface area contributed by atoms with Crippen molar-refractivity contribution in [1.29, 1.82) is 0 Å². The van der Waals surface area contributed by atoms with Crippen molar-refractivity contribution >= 4 is 19.3 Å². The molecule has 15 heavy (non-hydrogen) atoms. The van der Waals surface area contributed by atoms with E-state index in [0.29, 0.717) is 0 Å². The van der Waals surface area contributed by atoms with E-state index in [9.17, 15) is 9.59 Å². The zero-order valence-corrected chi connectivity index (χ0v) is 8.30. The normalized spacial score (nSPS) is 7.73. The van der Waals surface area contributed by atoms with E-state index >= 15 is 0 Å². The lowest BCUT2D eigenvalue weighted by Crippen LogP contribution is -2.20. The summed E-state index contributed by atoms with van der Waals surface area (Å²) in [4.78, 5) is 27.9. The fourth-order valence-electron chi connectivity index (χ4n) is 0.224. The second-order valence-electron chi connectivity index (χ2n) is 1.90. The van der Waals surface area contributed by atoms with Gasteiger partial charge in [0.15, 0.2) is 0 Å². The summed E-state index contributed by atoms with van der Waals surface area (Å²) in [7, 11) is -1.72. The lowest BCUT2D eigenvalue weighted by molar-refractivity contribution is -0.195. The Hall–Kier alpha value is -1.58. The van der Waals surface area contributed by atoms with Gasteiger partial charge in [0.2, 0.25) is 0 Å². The van der Waals surface area contributed by atoms with E-state index in [-0.39, 0.29) is 0 Å². The SMILES string of the molecule is C=COB(O)O.CC(=O)ONOC(C)=O. The van der Waals surface area contributed by atoms with Gasteiger partial charge in [0, 0.05) is 19.5 Å². The highest BCUT2D eigenvalue weighted by atomic mass is 16.9. The molecule has 0 radical (unpaired) electrons. The van der Waals surface area contributed by atoms with Gasteiger partial charge in [0.05, 0.1) is 6.26 Å². The maximum atomic E-state index is 9.95. The summed E-state index contributed by atoms with van der Waals surface area (Å²) in [5.41, 5.74) is 1.69. The molecular formula is C6H12BNO7. The molecule has 0 bridgehead atoms. The lowest BCUT2D eigenvalue weighted by atomic mass is 10.3. The molecule has 0 spiro atoms. The van der Waals surface area contributed by atoms with Crippen LogP contribution in [0.15, 0.2) is 12.8 Å². The molecule has 8 nitrogen and oxygen atoms in total. The average Bonchev–Trinajstić information content (AvgIpc) is 2.03. The molecule has 0 aromatic rings. The van der Waals surface area contributed by atoms with Gasteiger partial charge in [-0.1, -0.05) is 6.58 Å². The van der Waals surface area contributed by atoms with Gasteiger partial charge in [-0.2, -0.15) is 0 Å². The lowest BCUT2D eigenvalue weighted by Gasteiger charge is -1.98. The van der Waals surface area contributed by atoms with Crippen LogP contribution < -0.4 is 5.64 Å². The van der Waals surface area contributed by atoms with E-state index in [1.54, 1.807) is 5.64 Å². The van der Waals surface area contributed by atoms with Crippen molar-refractivity contribution in [2.24, 2.45) is 0 Å². The number of carbonyl (C=O) groups is 2. The smallest absolute Gasteiger partial charge is 0.519 e. The van der Waals surface area contributed by atoms with E-state index in [4.69, 9.17) is 10.0 Å². The molecule has 3 N–H and O–H groups in total. The fraction of sp³-hybridized carbons (Fsp3) is 0.333. The zero-order chi connectivity index (χ0) is 12.3. The van der Waals surface area contributed by atoms with Crippen LogP contribution in [-0.2, 0) is 23.9 Å². The number of hydrogen-bond donors (Lipinski definition) is 3. The van der Waals surface area contributed by atoms with Crippen LogP contribution in [0.2, 0.25) is 0 Å². The Balaban J connectivity index is 0. The van der Waals surface area contributed by atoms with Gasteiger partial charge in [-0.05, 0) is 0 Å². The van der Waals surface area contributed by atoms with Crippen molar-refractivity contribution in [3.05, 3.63) is 12.8 Å². The molecule has 0 atom stereocenters. The van der Waals surface area contributed by atoms with Gasteiger partial charge >= 0.3 is 19.3 Å². The number of hydrogen-bond acceptors (Lipinski definition) is 8. The summed E-state index contributed by atoms with van der Waals surface area (Å²) in [6.07, 6.45) is 0.949. The van der Waals surface area contributed by atoms with Crippen LogP contribution >= 0.6 is 0 Å². The van der Waals surface area contributed by atoms with E-state index in [1.807, 2.05) is 0 Å². The van der Waals surface area contributed by atoms with Crippen molar-refractivity contribution in [1.82, 2.24) is 5.64 Å². The van der Waals surface area contributed by atoms with Crippen molar-refractivity contribution in [3.8, 4) is 0 Å². The first-order chi connectivity index (χ1) is 6.90. The Morgan fingerprint density at radius 3 is 1.80 bits per heavy atom. The van der Waals surface area contributed by atoms with Crippen LogP contribution in [-0.4, -0.2) is 29.3 Å². The topological polar surface area (TPSA) is 114 Å². The highest BCUT2D eigenvalue weighted by molar-refractivity contribution is 6.32. The van der Waals surface area contributed by atoms with Gasteiger partial charge in [0.25, 0.3) is 0 Å². The Morgan fingerprint density at radius 2 is 1.67 bits per heavy atom. The number of rotatable bonds is 4. The molecular weight excluding hydrogens is 209 g/mol. The van der Waals surface area contributed by atoms with Crippen LogP contribution in [0.5, 0.6) is 0 Å². The van der Waals surface area contributed by atoms with Crippen molar-refractivity contribution < 1.29 is 34.0 Å². The van der Waals surface area contributed by atoms with Crippen molar-refractivity contribution in [2.45, 2.75) is 13.8 Å². The summed E-state index contributed by atoms with van der Waals surface area (Å²) in [6.45, 7) is 5.41. The Kier molecular flexibility index (Phi) is 11.1. The highest BCUT2D eigenvalue weighted by Crippen LogP contribution is 1.71. The third-order valence-corrected chi connectivity index (χ3v) is 0.589. The van der Waals surface area contributed by atoms with Gasteiger partial charge < -0.3 is 24.4 Å². The second-order valence-corrected chi connectivity index (χ2v) is 1.90. The Bertz CT molecular complexity index is 194.